The number of hydrogen-bond acceptors (Lipinski definition) is 5. The quantitative estimate of drug-likeness (QED) is 0.912. The Morgan fingerprint density at radius 3 is 2.90 bits per heavy atom. The number of hydrogen-bond donors (Lipinski definition) is 2. The van der Waals surface area contributed by atoms with Crippen LogP contribution in [0.3, 0.4) is 0 Å². The molecule has 2 aromatic rings. The molecule has 2 saturated carbocycles. The number of nitrogen functional groups attached to an aromatic ring is 1. The van der Waals surface area contributed by atoms with Crippen LogP contribution in [-0.4, -0.2) is 22.4 Å². The first kappa shape index (κ1) is 13.0. The van der Waals surface area contributed by atoms with E-state index >= 15 is 0 Å². The van der Waals surface area contributed by atoms with E-state index in [-0.39, 0.29) is 5.91 Å². The van der Waals surface area contributed by atoms with Gasteiger partial charge in [0.15, 0.2) is 0 Å². The van der Waals surface area contributed by atoms with Gasteiger partial charge in [0, 0.05) is 18.9 Å². The molecular weight excluding hydrogens is 284 g/mol. The molecule has 0 saturated heterocycles. The van der Waals surface area contributed by atoms with Crippen molar-refractivity contribution in [3.63, 3.8) is 0 Å². The van der Waals surface area contributed by atoms with Gasteiger partial charge in [0.1, 0.15) is 15.2 Å². The Kier molecular flexibility index (Phi) is 3.06. The summed E-state index contributed by atoms with van der Waals surface area (Å²) in [6.07, 6.45) is 8.58. The lowest BCUT2D eigenvalue weighted by atomic mass is 9.89. The van der Waals surface area contributed by atoms with Crippen LogP contribution in [-0.2, 0) is 0 Å². The number of thiophene rings is 1. The monoisotopic (exact) mass is 302 g/mol. The maximum Gasteiger partial charge on any atom is 0.263 e. The summed E-state index contributed by atoms with van der Waals surface area (Å²) >= 11 is 1.32. The predicted molar refractivity (Wildman–Crippen MR) is 83.1 cm³/mol. The van der Waals surface area contributed by atoms with Crippen LogP contribution in [0.15, 0.2) is 12.4 Å². The van der Waals surface area contributed by atoms with Gasteiger partial charge in [0.2, 0.25) is 0 Å². The Hall–Kier alpha value is -1.69. The van der Waals surface area contributed by atoms with E-state index in [2.05, 4.69) is 15.3 Å². The second-order valence-electron chi connectivity index (χ2n) is 6.20. The second kappa shape index (κ2) is 4.94. The first-order chi connectivity index (χ1) is 10.2. The van der Waals surface area contributed by atoms with Crippen LogP contribution in [0.5, 0.6) is 0 Å². The number of nitrogens with one attached hydrogen (secondary N) is 1. The maximum atomic E-state index is 12.4. The summed E-state index contributed by atoms with van der Waals surface area (Å²) in [4.78, 5) is 22.0. The molecule has 2 aromatic heterocycles. The van der Waals surface area contributed by atoms with E-state index in [0.29, 0.717) is 22.0 Å². The average molecular weight is 302 g/mol. The molecule has 0 aliphatic heterocycles. The first-order valence-corrected chi connectivity index (χ1v) is 8.31. The lowest BCUT2D eigenvalue weighted by Crippen LogP contribution is -2.31. The van der Waals surface area contributed by atoms with E-state index in [0.717, 1.165) is 23.2 Å². The molecule has 2 aliphatic rings. The number of anilines is 1. The summed E-state index contributed by atoms with van der Waals surface area (Å²) in [5.74, 6) is 2.29. The number of rotatable bonds is 3. The zero-order chi connectivity index (χ0) is 14.4. The molecule has 3 N–H and O–H groups in total. The van der Waals surface area contributed by atoms with Gasteiger partial charge in [0.25, 0.3) is 5.91 Å². The van der Waals surface area contributed by atoms with Gasteiger partial charge >= 0.3 is 0 Å². The SMILES string of the molecule is Nc1c(C(=O)NCC2CC3CCC2C3)sc2nccnc12. The highest BCUT2D eigenvalue weighted by Gasteiger charge is 2.39. The fourth-order valence-corrected chi connectivity index (χ4v) is 4.88. The minimum absolute atomic E-state index is 0.0833. The summed E-state index contributed by atoms with van der Waals surface area (Å²) < 4.78 is 0. The summed E-state index contributed by atoms with van der Waals surface area (Å²) in [5, 5.41) is 3.06. The summed E-state index contributed by atoms with van der Waals surface area (Å²) in [6, 6.07) is 0. The number of aromatic nitrogens is 2. The third-order valence-corrected chi connectivity index (χ3v) is 6.08. The molecule has 110 valence electrons. The molecule has 0 aromatic carbocycles. The van der Waals surface area contributed by atoms with Crippen molar-refractivity contribution in [1.82, 2.24) is 15.3 Å². The van der Waals surface area contributed by atoms with Crippen molar-refractivity contribution in [2.75, 3.05) is 12.3 Å². The fourth-order valence-electron chi connectivity index (χ4n) is 3.94. The Balaban J connectivity index is 1.47. The number of carbonyl (C=O) groups is 1. The highest BCUT2D eigenvalue weighted by molar-refractivity contribution is 7.21. The zero-order valence-corrected chi connectivity index (χ0v) is 12.5. The van der Waals surface area contributed by atoms with Crippen LogP contribution in [0.2, 0.25) is 0 Å². The normalized spacial score (nSPS) is 27.3. The average Bonchev–Trinajstić information content (AvgIpc) is 3.20. The Labute approximate surface area is 127 Å². The highest BCUT2D eigenvalue weighted by Crippen LogP contribution is 2.48. The number of carbonyl (C=O) groups excluding carboxylic acids is 1. The number of amides is 1. The lowest BCUT2D eigenvalue weighted by Gasteiger charge is -2.21. The molecule has 4 rings (SSSR count). The predicted octanol–water partition coefficient (Wildman–Crippen LogP) is 2.44. The maximum absolute atomic E-state index is 12.4. The number of nitrogens with zero attached hydrogens (tertiary/aromatic N) is 2. The lowest BCUT2D eigenvalue weighted by molar-refractivity contribution is 0.0946. The molecule has 21 heavy (non-hydrogen) atoms. The Morgan fingerprint density at radius 1 is 1.33 bits per heavy atom. The fraction of sp³-hybridized carbons (Fsp3) is 0.533. The topological polar surface area (TPSA) is 80.9 Å². The van der Waals surface area contributed by atoms with Crippen molar-refractivity contribution in [2.24, 2.45) is 17.8 Å². The standard InChI is InChI=1S/C15H18N4OS/c16-11-12-15(18-4-3-17-12)21-13(11)14(20)19-7-10-6-8-1-2-9(10)5-8/h3-4,8-10H,1-2,5-7,16H2,(H,19,20). The molecule has 3 unspecified atom stereocenters. The number of nitrogens with two attached hydrogens (primary N) is 1. The van der Waals surface area contributed by atoms with Crippen molar-refractivity contribution < 1.29 is 4.79 Å². The second-order valence-corrected chi connectivity index (χ2v) is 7.20. The van der Waals surface area contributed by atoms with Crippen LogP contribution >= 0.6 is 11.3 Å². The minimum Gasteiger partial charge on any atom is -0.396 e. The first-order valence-electron chi connectivity index (χ1n) is 7.49. The van der Waals surface area contributed by atoms with E-state index < -0.39 is 0 Å². The largest absolute Gasteiger partial charge is 0.396 e. The van der Waals surface area contributed by atoms with Crippen molar-refractivity contribution in [2.45, 2.75) is 25.7 Å². The van der Waals surface area contributed by atoms with Gasteiger partial charge in [-0.2, -0.15) is 0 Å². The van der Waals surface area contributed by atoms with Gasteiger partial charge < -0.3 is 11.1 Å². The number of fused-ring (bicyclic) bond motifs is 3. The Morgan fingerprint density at radius 2 is 2.19 bits per heavy atom. The Bertz CT molecular complexity index is 698. The van der Waals surface area contributed by atoms with E-state index in [4.69, 9.17) is 5.73 Å². The molecular formula is C15H18N4OS. The molecule has 2 aliphatic carbocycles. The van der Waals surface area contributed by atoms with E-state index in [1.807, 2.05) is 0 Å². The summed E-state index contributed by atoms with van der Waals surface area (Å²) in [5.41, 5.74) is 7.12. The molecule has 2 fully saturated rings. The van der Waals surface area contributed by atoms with Gasteiger partial charge in [0.05, 0.1) is 5.69 Å². The van der Waals surface area contributed by atoms with E-state index in [1.54, 1.807) is 12.4 Å². The van der Waals surface area contributed by atoms with E-state index in [9.17, 15) is 4.79 Å². The molecule has 0 radical (unpaired) electrons. The van der Waals surface area contributed by atoms with Gasteiger partial charge in [-0.15, -0.1) is 11.3 Å². The van der Waals surface area contributed by atoms with Crippen molar-refractivity contribution >= 4 is 33.3 Å². The molecule has 3 atom stereocenters. The van der Waals surface area contributed by atoms with Crippen LogP contribution in [0.25, 0.3) is 10.3 Å². The van der Waals surface area contributed by atoms with Crippen LogP contribution in [0, 0.1) is 17.8 Å². The van der Waals surface area contributed by atoms with Gasteiger partial charge in [-0.1, -0.05) is 6.42 Å². The summed E-state index contributed by atoms with van der Waals surface area (Å²) in [6.45, 7) is 0.772. The molecule has 1 amide bonds. The van der Waals surface area contributed by atoms with Crippen molar-refractivity contribution in [1.29, 1.82) is 0 Å². The van der Waals surface area contributed by atoms with Crippen LogP contribution in [0.4, 0.5) is 5.69 Å². The highest BCUT2D eigenvalue weighted by atomic mass is 32.1. The van der Waals surface area contributed by atoms with E-state index in [1.165, 1.54) is 37.0 Å². The van der Waals surface area contributed by atoms with Crippen molar-refractivity contribution in [3.05, 3.63) is 17.3 Å². The molecule has 2 bridgehead atoms. The smallest absolute Gasteiger partial charge is 0.263 e. The molecule has 6 heteroatoms. The molecule has 5 nitrogen and oxygen atoms in total. The van der Waals surface area contributed by atoms with Gasteiger partial charge in [-0.05, 0) is 37.0 Å². The summed E-state index contributed by atoms with van der Waals surface area (Å²) in [7, 11) is 0. The zero-order valence-electron chi connectivity index (χ0n) is 11.7. The third kappa shape index (κ3) is 2.18. The van der Waals surface area contributed by atoms with Gasteiger partial charge in [-0.3, -0.25) is 4.79 Å². The third-order valence-electron chi connectivity index (χ3n) is 4.98. The van der Waals surface area contributed by atoms with Crippen LogP contribution < -0.4 is 11.1 Å². The molecule has 2 heterocycles. The van der Waals surface area contributed by atoms with Gasteiger partial charge in [-0.25, -0.2) is 9.97 Å². The minimum atomic E-state index is -0.0833. The van der Waals surface area contributed by atoms with Crippen LogP contribution in [0.1, 0.15) is 35.4 Å². The van der Waals surface area contributed by atoms with Crippen molar-refractivity contribution in [3.8, 4) is 0 Å². The molecule has 0 spiro atoms.